The lowest BCUT2D eigenvalue weighted by Crippen LogP contribution is -2.46. The average Bonchev–Trinajstić information content (AvgIpc) is 3.10. The van der Waals surface area contributed by atoms with Gasteiger partial charge in [0.05, 0.1) is 0 Å². The van der Waals surface area contributed by atoms with Crippen LogP contribution in [0.15, 0.2) is 40.9 Å². The molecule has 0 aliphatic carbocycles. The van der Waals surface area contributed by atoms with E-state index in [1.54, 1.807) is 29.3 Å². The van der Waals surface area contributed by atoms with Crippen LogP contribution in [-0.4, -0.2) is 41.7 Å². The fourth-order valence-electron chi connectivity index (χ4n) is 3.12. The molecule has 2 amide bonds. The Balaban J connectivity index is 1.61. The zero-order valence-corrected chi connectivity index (χ0v) is 14.6. The maximum absolute atomic E-state index is 12.7. The number of nitrogens with two attached hydrogens (primary N) is 1. The van der Waals surface area contributed by atoms with Crippen molar-refractivity contribution in [2.75, 3.05) is 6.54 Å². The van der Waals surface area contributed by atoms with E-state index in [1.807, 2.05) is 12.1 Å². The Morgan fingerprint density at radius 2 is 2.08 bits per heavy atom. The minimum absolute atomic E-state index is 0.120. The third-order valence-corrected chi connectivity index (χ3v) is 4.71. The second-order valence-electron chi connectivity index (χ2n) is 6.26. The van der Waals surface area contributed by atoms with Crippen molar-refractivity contribution in [3.8, 4) is 0 Å². The molecule has 1 fully saturated rings. The van der Waals surface area contributed by atoms with Crippen molar-refractivity contribution in [1.82, 2.24) is 10.2 Å². The van der Waals surface area contributed by atoms with Gasteiger partial charge in [0.15, 0.2) is 0 Å². The standard InChI is InChI=1S/C18H21ClN4O2/c19-14-5-3-12(4-6-14)11-22-17(24)15-2-1-9-23(15)18(25)13-7-8-21-16(20)10-13/h3-8,15-16H,1-2,9-11,20H2,(H,22,24). The number of carbonyl (C=O) groups excluding carboxylic acids is 2. The van der Waals surface area contributed by atoms with Crippen LogP contribution in [0.4, 0.5) is 0 Å². The lowest BCUT2D eigenvalue weighted by molar-refractivity contribution is -0.135. The predicted molar refractivity (Wildman–Crippen MR) is 97.2 cm³/mol. The highest BCUT2D eigenvalue weighted by Gasteiger charge is 2.35. The molecular weight excluding hydrogens is 340 g/mol. The Morgan fingerprint density at radius 3 is 2.80 bits per heavy atom. The molecule has 2 atom stereocenters. The second kappa shape index (κ2) is 7.80. The first-order valence-corrected chi connectivity index (χ1v) is 8.73. The number of aliphatic imine (C=N–C) groups is 1. The van der Waals surface area contributed by atoms with Crippen molar-refractivity contribution >= 4 is 29.6 Å². The first kappa shape index (κ1) is 17.6. The molecule has 0 radical (unpaired) electrons. The summed E-state index contributed by atoms with van der Waals surface area (Å²) in [5.41, 5.74) is 7.36. The maximum Gasteiger partial charge on any atom is 0.250 e. The molecule has 3 rings (SSSR count). The number of rotatable bonds is 4. The van der Waals surface area contributed by atoms with Crippen LogP contribution in [0.3, 0.4) is 0 Å². The molecule has 25 heavy (non-hydrogen) atoms. The van der Waals surface area contributed by atoms with Gasteiger partial charge in [0, 0.05) is 36.3 Å². The number of nitrogens with zero attached hydrogens (tertiary/aromatic N) is 2. The van der Waals surface area contributed by atoms with E-state index in [1.165, 1.54) is 0 Å². The molecule has 7 heteroatoms. The quantitative estimate of drug-likeness (QED) is 0.855. The number of amides is 2. The fourth-order valence-corrected chi connectivity index (χ4v) is 3.25. The fraction of sp³-hybridized carbons (Fsp3) is 0.389. The molecule has 0 aromatic heterocycles. The Bertz CT molecular complexity index is 714. The van der Waals surface area contributed by atoms with Gasteiger partial charge in [0.2, 0.25) is 5.91 Å². The Hall–Kier alpha value is -2.18. The first-order chi connectivity index (χ1) is 12.0. The third kappa shape index (κ3) is 4.27. The monoisotopic (exact) mass is 360 g/mol. The van der Waals surface area contributed by atoms with Crippen LogP contribution in [-0.2, 0) is 16.1 Å². The van der Waals surface area contributed by atoms with Crippen LogP contribution in [0.1, 0.15) is 24.8 Å². The number of allylic oxidation sites excluding steroid dienone is 1. The molecule has 3 N–H and O–H groups in total. The summed E-state index contributed by atoms with van der Waals surface area (Å²) in [5, 5.41) is 3.57. The number of dihydropyridines is 1. The van der Waals surface area contributed by atoms with E-state index in [2.05, 4.69) is 10.3 Å². The van der Waals surface area contributed by atoms with Crippen LogP contribution in [0.25, 0.3) is 0 Å². The summed E-state index contributed by atoms with van der Waals surface area (Å²) in [6, 6.07) is 6.88. The van der Waals surface area contributed by atoms with Crippen molar-refractivity contribution < 1.29 is 9.59 Å². The normalized spacial score (nSPS) is 22.6. The van der Waals surface area contributed by atoms with Crippen LogP contribution < -0.4 is 11.1 Å². The lowest BCUT2D eigenvalue weighted by Gasteiger charge is -2.26. The van der Waals surface area contributed by atoms with Gasteiger partial charge in [-0.1, -0.05) is 23.7 Å². The second-order valence-corrected chi connectivity index (χ2v) is 6.70. The topological polar surface area (TPSA) is 87.8 Å². The Morgan fingerprint density at radius 1 is 1.32 bits per heavy atom. The van der Waals surface area contributed by atoms with Crippen molar-refractivity contribution in [2.24, 2.45) is 10.7 Å². The smallest absolute Gasteiger partial charge is 0.250 e. The molecule has 1 aromatic carbocycles. The number of carbonyl (C=O) groups is 2. The van der Waals surface area contributed by atoms with Crippen molar-refractivity contribution in [1.29, 1.82) is 0 Å². The highest BCUT2D eigenvalue weighted by Crippen LogP contribution is 2.22. The average molecular weight is 361 g/mol. The molecule has 2 heterocycles. The number of benzene rings is 1. The number of hydrogen-bond donors (Lipinski definition) is 2. The van der Waals surface area contributed by atoms with Gasteiger partial charge in [-0.15, -0.1) is 0 Å². The minimum atomic E-state index is -0.434. The molecule has 2 unspecified atom stereocenters. The summed E-state index contributed by atoms with van der Waals surface area (Å²) in [6.45, 7) is 0.996. The maximum atomic E-state index is 12.7. The highest BCUT2D eigenvalue weighted by atomic mass is 35.5. The molecule has 0 spiro atoms. The molecule has 2 aliphatic heterocycles. The van der Waals surface area contributed by atoms with Crippen LogP contribution in [0.2, 0.25) is 5.02 Å². The van der Waals surface area contributed by atoms with E-state index < -0.39 is 6.04 Å². The van der Waals surface area contributed by atoms with Crippen molar-refractivity contribution in [3.63, 3.8) is 0 Å². The molecule has 0 bridgehead atoms. The molecule has 2 aliphatic rings. The van der Waals surface area contributed by atoms with Gasteiger partial charge in [0.25, 0.3) is 5.91 Å². The molecular formula is C18H21ClN4O2. The SMILES string of the molecule is NC1CC(C(=O)N2CCCC2C(=O)NCc2ccc(Cl)cc2)=CC=N1. The van der Waals surface area contributed by atoms with Gasteiger partial charge in [-0.3, -0.25) is 14.6 Å². The third-order valence-electron chi connectivity index (χ3n) is 4.45. The number of hydrogen-bond acceptors (Lipinski definition) is 4. The zero-order chi connectivity index (χ0) is 17.8. The summed E-state index contributed by atoms with van der Waals surface area (Å²) < 4.78 is 0. The number of nitrogens with one attached hydrogen (secondary N) is 1. The van der Waals surface area contributed by atoms with E-state index in [4.69, 9.17) is 17.3 Å². The van der Waals surface area contributed by atoms with Gasteiger partial charge in [-0.2, -0.15) is 0 Å². The van der Waals surface area contributed by atoms with Crippen LogP contribution in [0, 0.1) is 0 Å². The van der Waals surface area contributed by atoms with Gasteiger partial charge in [-0.05, 0) is 36.6 Å². The number of halogens is 1. The summed E-state index contributed by atoms with van der Waals surface area (Å²) in [4.78, 5) is 30.9. The van der Waals surface area contributed by atoms with E-state index in [-0.39, 0.29) is 18.0 Å². The highest BCUT2D eigenvalue weighted by molar-refractivity contribution is 6.30. The Kier molecular flexibility index (Phi) is 5.50. The summed E-state index contributed by atoms with van der Waals surface area (Å²) in [6.07, 6.45) is 4.76. The van der Waals surface area contributed by atoms with Gasteiger partial charge in [0.1, 0.15) is 12.2 Å². The summed E-state index contributed by atoms with van der Waals surface area (Å²) >= 11 is 5.86. The number of likely N-dealkylation sites (tertiary alicyclic amines) is 1. The van der Waals surface area contributed by atoms with Crippen LogP contribution in [0.5, 0.6) is 0 Å². The Labute approximate surface area is 151 Å². The van der Waals surface area contributed by atoms with Gasteiger partial charge >= 0.3 is 0 Å². The van der Waals surface area contributed by atoms with E-state index in [0.717, 1.165) is 12.0 Å². The van der Waals surface area contributed by atoms with Gasteiger partial charge in [-0.25, -0.2) is 0 Å². The largest absolute Gasteiger partial charge is 0.350 e. The predicted octanol–water partition coefficient (Wildman–Crippen LogP) is 1.63. The molecule has 1 aromatic rings. The molecule has 0 saturated carbocycles. The summed E-state index contributed by atoms with van der Waals surface area (Å²) in [7, 11) is 0. The van der Waals surface area contributed by atoms with Crippen LogP contribution >= 0.6 is 11.6 Å². The first-order valence-electron chi connectivity index (χ1n) is 8.35. The molecule has 6 nitrogen and oxygen atoms in total. The van der Waals surface area contributed by atoms with E-state index in [9.17, 15) is 9.59 Å². The summed E-state index contributed by atoms with van der Waals surface area (Å²) in [5.74, 6) is -0.249. The zero-order valence-electron chi connectivity index (χ0n) is 13.8. The van der Waals surface area contributed by atoms with Crippen molar-refractivity contribution in [3.05, 3.63) is 46.5 Å². The van der Waals surface area contributed by atoms with E-state index >= 15 is 0 Å². The minimum Gasteiger partial charge on any atom is -0.350 e. The van der Waals surface area contributed by atoms with Gasteiger partial charge < -0.3 is 16.0 Å². The molecule has 132 valence electrons. The molecule has 1 saturated heterocycles. The van der Waals surface area contributed by atoms with Crippen molar-refractivity contribution in [2.45, 2.75) is 38.0 Å². The van der Waals surface area contributed by atoms with E-state index in [0.29, 0.717) is 36.5 Å². The lowest BCUT2D eigenvalue weighted by atomic mass is 10.1.